The molecule has 3 aromatic rings. The second-order valence-electron chi connectivity index (χ2n) is 5.64. The standard InChI is InChI=1S/C21H16FN3O2S/c22-17-10-8-15(9-11-17)13-19(24-20(26)16-5-2-1-3-6-16)21(27)25-23-14-18-7-4-12-28-18/h1-14H,(H,24,26)(H,25,27)/b19-13+,23-14?. The van der Waals surface area contributed by atoms with E-state index in [4.69, 9.17) is 0 Å². The lowest BCUT2D eigenvalue weighted by atomic mass is 10.1. The molecule has 0 unspecified atom stereocenters. The molecule has 0 spiro atoms. The Labute approximate surface area is 165 Å². The monoisotopic (exact) mass is 393 g/mol. The molecule has 2 amide bonds. The van der Waals surface area contributed by atoms with Crippen LogP contribution in [0.15, 0.2) is 82.9 Å². The van der Waals surface area contributed by atoms with Crippen molar-refractivity contribution in [1.29, 1.82) is 0 Å². The first kappa shape index (κ1) is 19.2. The molecule has 0 aliphatic heterocycles. The molecule has 0 aliphatic carbocycles. The third-order valence-electron chi connectivity index (χ3n) is 3.61. The normalized spacial score (nSPS) is 11.4. The number of nitrogens with one attached hydrogen (secondary N) is 2. The highest BCUT2D eigenvalue weighted by molar-refractivity contribution is 7.11. The average molecular weight is 393 g/mol. The van der Waals surface area contributed by atoms with E-state index in [-0.39, 0.29) is 5.70 Å². The molecule has 7 heteroatoms. The first-order chi connectivity index (χ1) is 13.6. The fourth-order valence-corrected chi connectivity index (χ4v) is 2.83. The van der Waals surface area contributed by atoms with Gasteiger partial charge >= 0.3 is 0 Å². The van der Waals surface area contributed by atoms with Crippen LogP contribution in [0.25, 0.3) is 6.08 Å². The van der Waals surface area contributed by atoms with Gasteiger partial charge < -0.3 is 5.32 Å². The summed E-state index contributed by atoms with van der Waals surface area (Å²) in [5.74, 6) is -1.43. The quantitative estimate of drug-likeness (QED) is 0.380. The summed E-state index contributed by atoms with van der Waals surface area (Å²) in [5, 5.41) is 8.38. The van der Waals surface area contributed by atoms with Gasteiger partial charge in [-0.05, 0) is 47.4 Å². The van der Waals surface area contributed by atoms with Crippen LogP contribution in [0.4, 0.5) is 4.39 Å². The Morgan fingerprint density at radius 1 is 0.964 bits per heavy atom. The maximum absolute atomic E-state index is 13.1. The minimum absolute atomic E-state index is 0.0104. The van der Waals surface area contributed by atoms with Crippen molar-refractivity contribution in [3.05, 3.63) is 99.6 Å². The lowest BCUT2D eigenvalue weighted by Crippen LogP contribution is -2.32. The molecule has 0 aliphatic rings. The zero-order valence-corrected chi connectivity index (χ0v) is 15.4. The van der Waals surface area contributed by atoms with E-state index in [0.29, 0.717) is 11.1 Å². The van der Waals surface area contributed by atoms with Gasteiger partial charge in [0.15, 0.2) is 0 Å². The van der Waals surface area contributed by atoms with Crippen LogP contribution in [0, 0.1) is 5.82 Å². The van der Waals surface area contributed by atoms with Gasteiger partial charge in [-0.1, -0.05) is 36.4 Å². The average Bonchev–Trinajstić information content (AvgIpc) is 3.23. The molecule has 0 atom stereocenters. The molecule has 5 nitrogen and oxygen atoms in total. The summed E-state index contributed by atoms with van der Waals surface area (Å²) >= 11 is 1.47. The molecule has 2 aromatic carbocycles. The van der Waals surface area contributed by atoms with Crippen LogP contribution in [0.5, 0.6) is 0 Å². The molecule has 0 radical (unpaired) electrons. The van der Waals surface area contributed by atoms with Crippen molar-refractivity contribution in [3.63, 3.8) is 0 Å². The van der Waals surface area contributed by atoms with Gasteiger partial charge in [-0.2, -0.15) is 5.10 Å². The number of halogens is 1. The van der Waals surface area contributed by atoms with E-state index in [1.807, 2.05) is 17.5 Å². The summed E-state index contributed by atoms with van der Waals surface area (Å²) in [6, 6.07) is 17.8. The molecule has 3 rings (SSSR count). The van der Waals surface area contributed by atoms with E-state index in [1.54, 1.807) is 30.3 Å². The highest BCUT2D eigenvalue weighted by Crippen LogP contribution is 2.09. The van der Waals surface area contributed by atoms with Crippen molar-refractivity contribution < 1.29 is 14.0 Å². The number of benzene rings is 2. The first-order valence-electron chi connectivity index (χ1n) is 8.32. The SMILES string of the molecule is O=C(NN=Cc1cccs1)/C(=C\c1ccc(F)cc1)NC(=O)c1ccccc1. The van der Waals surface area contributed by atoms with E-state index in [2.05, 4.69) is 15.8 Å². The molecule has 1 heterocycles. The molecule has 1 aromatic heterocycles. The molecular weight excluding hydrogens is 377 g/mol. The minimum atomic E-state index is -0.596. The number of rotatable bonds is 6. The summed E-state index contributed by atoms with van der Waals surface area (Å²) in [5.41, 5.74) is 3.34. The van der Waals surface area contributed by atoms with E-state index in [0.717, 1.165) is 4.88 Å². The molecule has 0 bridgehead atoms. The Kier molecular flexibility index (Phi) is 6.43. The van der Waals surface area contributed by atoms with Crippen molar-refractivity contribution in [2.24, 2.45) is 5.10 Å². The van der Waals surface area contributed by atoms with Gasteiger partial charge in [0, 0.05) is 10.4 Å². The van der Waals surface area contributed by atoms with Crippen LogP contribution in [-0.2, 0) is 4.79 Å². The predicted octanol–water partition coefficient (Wildman–Crippen LogP) is 3.81. The Balaban J connectivity index is 1.79. The zero-order valence-electron chi connectivity index (χ0n) is 14.6. The third-order valence-corrected chi connectivity index (χ3v) is 4.42. The summed E-state index contributed by atoms with van der Waals surface area (Å²) < 4.78 is 13.1. The fraction of sp³-hybridized carbons (Fsp3) is 0. The van der Waals surface area contributed by atoms with Gasteiger partial charge in [0.05, 0.1) is 6.21 Å². The highest BCUT2D eigenvalue weighted by Gasteiger charge is 2.14. The summed E-state index contributed by atoms with van der Waals surface area (Å²) in [6.45, 7) is 0. The molecule has 28 heavy (non-hydrogen) atoms. The number of nitrogens with zero attached hydrogens (tertiary/aromatic N) is 1. The van der Waals surface area contributed by atoms with E-state index in [1.165, 1.54) is 47.9 Å². The Morgan fingerprint density at radius 3 is 2.39 bits per heavy atom. The number of carbonyl (C=O) groups is 2. The van der Waals surface area contributed by atoms with E-state index >= 15 is 0 Å². The zero-order chi connectivity index (χ0) is 19.8. The van der Waals surface area contributed by atoms with Gasteiger partial charge in [0.1, 0.15) is 11.5 Å². The number of hydrazone groups is 1. The Hall–Kier alpha value is -3.58. The van der Waals surface area contributed by atoms with E-state index in [9.17, 15) is 14.0 Å². The number of thiophene rings is 1. The first-order valence-corrected chi connectivity index (χ1v) is 9.20. The third kappa shape index (κ3) is 5.46. The lowest BCUT2D eigenvalue weighted by molar-refractivity contribution is -0.117. The number of carbonyl (C=O) groups excluding carboxylic acids is 2. The van der Waals surface area contributed by atoms with Crippen LogP contribution in [-0.4, -0.2) is 18.0 Å². The van der Waals surface area contributed by atoms with Gasteiger partial charge in [0.2, 0.25) is 0 Å². The fourth-order valence-electron chi connectivity index (χ4n) is 2.25. The van der Waals surface area contributed by atoms with Crippen molar-refractivity contribution in [2.75, 3.05) is 0 Å². The Bertz CT molecular complexity index is 998. The number of amides is 2. The highest BCUT2D eigenvalue weighted by atomic mass is 32.1. The van der Waals surface area contributed by atoms with Crippen molar-refractivity contribution >= 4 is 35.4 Å². The summed E-state index contributed by atoms with van der Waals surface area (Å²) in [7, 11) is 0. The molecular formula is C21H16FN3O2S. The minimum Gasteiger partial charge on any atom is -0.317 e. The van der Waals surface area contributed by atoms with Gasteiger partial charge in [-0.25, -0.2) is 9.82 Å². The van der Waals surface area contributed by atoms with Crippen molar-refractivity contribution in [1.82, 2.24) is 10.7 Å². The molecule has 0 saturated heterocycles. The van der Waals surface area contributed by atoms with Gasteiger partial charge in [-0.15, -0.1) is 11.3 Å². The van der Waals surface area contributed by atoms with E-state index < -0.39 is 17.6 Å². The van der Waals surface area contributed by atoms with Crippen molar-refractivity contribution in [3.8, 4) is 0 Å². The van der Waals surface area contributed by atoms with Gasteiger partial charge in [0.25, 0.3) is 11.8 Å². The van der Waals surface area contributed by atoms with Crippen LogP contribution >= 0.6 is 11.3 Å². The maximum atomic E-state index is 13.1. The molecule has 0 fully saturated rings. The number of hydrogen-bond donors (Lipinski definition) is 2. The second kappa shape index (κ2) is 9.38. The Morgan fingerprint density at radius 2 is 1.71 bits per heavy atom. The summed E-state index contributed by atoms with van der Waals surface area (Å²) in [4.78, 5) is 25.8. The van der Waals surface area contributed by atoms with Gasteiger partial charge in [-0.3, -0.25) is 9.59 Å². The van der Waals surface area contributed by atoms with Crippen LogP contribution in [0.1, 0.15) is 20.8 Å². The molecule has 0 saturated carbocycles. The van der Waals surface area contributed by atoms with Crippen LogP contribution < -0.4 is 10.7 Å². The van der Waals surface area contributed by atoms with Crippen LogP contribution in [0.3, 0.4) is 0 Å². The largest absolute Gasteiger partial charge is 0.317 e. The molecule has 140 valence electrons. The lowest BCUT2D eigenvalue weighted by Gasteiger charge is -2.09. The van der Waals surface area contributed by atoms with Crippen molar-refractivity contribution in [2.45, 2.75) is 0 Å². The number of hydrogen-bond acceptors (Lipinski definition) is 4. The van der Waals surface area contributed by atoms with Crippen LogP contribution in [0.2, 0.25) is 0 Å². The predicted molar refractivity (Wildman–Crippen MR) is 108 cm³/mol. The topological polar surface area (TPSA) is 70.6 Å². The molecule has 2 N–H and O–H groups in total. The maximum Gasteiger partial charge on any atom is 0.287 e. The summed E-state index contributed by atoms with van der Waals surface area (Å²) in [6.07, 6.45) is 2.97. The smallest absolute Gasteiger partial charge is 0.287 e. The second-order valence-corrected chi connectivity index (χ2v) is 6.62.